The number of carboxylic acid groups (broad SMARTS) is 1. The molecule has 7 nitrogen and oxygen atoms in total. The molecule has 1 N–H and O–H groups in total. The van der Waals surface area contributed by atoms with Crippen LogP contribution < -0.4 is 4.74 Å². The molecule has 7 heteroatoms. The van der Waals surface area contributed by atoms with Crippen LogP contribution in [-0.2, 0) is 9.53 Å². The Labute approximate surface area is 134 Å². The van der Waals surface area contributed by atoms with Crippen LogP contribution in [0.25, 0.3) is 0 Å². The molecule has 2 unspecified atom stereocenters. The third-order valence-electron chi connectivity index (χ3n) is 4.46. The van der Waals surface area contributed by atoms with E-state index in [9.17, 15) is 14.7 Å². The van der Waals surface area contributed by atoms with Crippen molar-refractivity contribution < 1.29 is 24.2 Å². The third-order valence-corrected chi connectivity index (χ3v) is 4.46. The van der Waals surface area contributed by atoms with Crippen LogP contribution in [0.2, 0.25) is 0 Å². The zero-order chi connectivity index (χ0) is 16.4. The summed E-state index contributed by atoms with van der Waals surface area (Å²) in [6.07, 6.45) is 4.88. The Kier molecular flexibility index (Phi) is 4.47. The molecule has 0 bridgehead atoms. The largest absolute Gasteiger partial charge is 0.480 e. The molecule has 124 valence electrons. The first-order valence-electron chi connectivity index (χ1n) is 7.77. The monoisotopic (exact) mass is 320 g/mol. The molecule has 3 rings (SSSR count). The molecule has 1 aromatic rings. The molecule has 0 aromatic carbocycles. The van der Waals surface area contributed by atoms with Gasteiger partial charge in [0.2, 0.25) is 5.88 Å². The first kappa shape index (κ1) is 15.7. The van der Waals surface area contributed by atoms with Gasteiger partial charge in [0.15, 0.2) is 0 Å². The number of pyridine rings is 1. The highest BCUT2D eigenvalue weighted by Gasteiger charge is 2.40. The molecular weight excluding hydrogens is 300 g/mol. The molecule has 2 aliphatic rings. The number of hydrogen-bond acceptors (Lipinski definition) is 5. The zero-order valence-corrected chi connectivity index (χ0v) is 13.0. The Hall–Kier alpha value is -2.15. The summed E-state index contributed by atoms with van der Waals surface area (Å²) in [4.78, 5) is 29.5. The summed E-state index contributed by atoms with van der Waals surface area (Å²) in [5, 5.41) is 9.32. The fourth-order valence-electron chi connectivity index (χ4n) is 2.86. The molecule has 1 saturated carbocycles. The van der Waals surface area contributed by atoms with Gasteiger partial charge in [-0.1, -0.05) is 0 Å². The van der Waals surface area contributed by atoms with Crippen LogP contribution in [-0.4, -0.2) is 58.8 Å². The van der Waals surface area contributed by atoms with Crippen molar-refractivity contribution >= 4 is 11.9 Å². The lowest BCUT2D eigenvalue weighted by molar-refractivity contribution is -0.141. The lowest BCUT2D eigenvalue weighted by Gasteiger charge is -2.26. The Balaban J connectivity index is 1.75. The predicted octanol–water partition coefficient (Wildman–Crippen LogP) is 1.33. The summed E-state index contributed by atoms with van der Waals surface area (Å²) in [5.41, 5.74) is 0.386. The van der Waals surface area contributed by atoms with Gasteiger partial charge in [-0.25, -0.2) is 9.78 Å². The lowest BCUT2D eigenvalue weighted by atomic mass is 9.96. The molecule has 0 spiro atoms. The number of likely N-dealkylation sites (tertiary alicyclic amines) is 1. The van der Waals surface area contributed by atoms with Crippen LogP contribution in [0.15, 0.2) is 18.3 Å². The van der Waals surface area contributed by atoms with E-state index in [2.05, 4.69) is 4.98 Å². The molecule has 1 aromatic heterocycles. The number of carbonyl (C=O) groups excluding carboxylic acids is 1. The highest BCUT2D eigenvalue weighted by Crippen LogP contribution is 2.26. The van der Waals surface area contributed by atoms with Crippen molar-refractivity contribution in [2.75, 3.05) is 13.7 Å². The second-order valence-corrected chi connectivity index (χ2v) is 5.96. The van der Waals surface area contributed by atoms with Gasteiger partial charge in [0.1, 0.15) is 12.1 Å². The van der Waals surface area contributed by atoms with Crippen molar-refractivity contribution in [3.05, 3.63) is 23.9 Å². The highest BCUT2D eigenvalue weighted by molar-refractivity contribution is 5.97. The molecule has 1 saturated heterocycles. The SMILES string of the molecule is COC1CC(C(=O)O)N(C(=O)c2ccnc(OC3CCC3)c2)C1. The first-order chi connectivity index (χ1) is 11.1. The van der Waals surface area contributed by atoms with Gasteiger partial charge in [-0.3, -0.25) is 4.79 Å². The van der Waals surface area contributed by atoms with E-state index < -0.39 is 12.0 Å². The van der Waals surface area contributed by atoms with Crippen molar-refractivity contribution in [2.45, 2.75) is 43.9 Å². The van der Waals surface area contributed by atoms with Gasteiger partial charge in [0.05, 0.1) is 6.10 Å². The van der Waals surface area contributed by atoms with E-state index in [-0.39, 0.29) is 24.7 Å². The van der Waals surface area contributed by atoms with Crippen molar-refractivity contribution in [2.24, 2.45) is 0 Å². The molecule has 1 aliphatic heterocycles. The second kappa shape index (κ2) is 6.54. The number of methoxy groups -OCH3 is 1. The topological polar surface area (TPSA) is 89.0 Å². The van der Waals surface area contributed by atoms with Gasteiger partial charge >= 0.3 is 5.97 Å². The Morgan fingerprint density at radius 3 is 2.74 bits per heavy atom. The highest BCUT2D eigenvalue weighted by atomic mass is 16.5. The van der Waals surface area contributed by atoms with Crippen LogP contribution in [0.1, 0.15) is 36.0 Å². The number of carbonyl (C=O) groups is 2. The Morgan fingerprint density at radius 2 is 2.13 bits per heavy atom. The van der Waals surface area contributed by atoms with Gasteiger partial charge in [-0.15, -0.1) is 0 Å². The summed E-state index contributed by atoms with van der Waals surface area (Å²) < 4.78 is 10.9. The minimum absolute atomic E-state index is 0.171. The summed E-state index contributed by atoms with van der Waals surface area (Å²) in [5.74, 6) is -0.939. The van der Waals surface area contributed by atoms with Crippen LogP contribution in [0, 0.1) is 0 Å². The fraction of sp³-hybridized carbons (Fsp3) is 0.562. The van der Waals surface area contributed by atoms with Gasteiger partial charge in [-0.05, 0) is 25.3 Å². The second-order valence-electron chi connectivity index (χ2n) is 5.96. The number of amides is 1. The van der Waals surface area contributed by atoms with Crippen LogP contribution in [0.5, 0.6) is 5.88 Å². The maximum absolute atomic E-state index is 12.7. The summed E-state index contributed by atoms with van der Waals surface area (Å²) in [7, 11) is 1.52. The summed E-state index contributed by atoms with van der Waals surface area (Å²) in [6.45, 7) is 0.271. The van der Waals surface area contributed by atoms with E-state index in [1.807, 2.05) is 0 Å². The minimum Gasteiger partial charge on any atom is -0.480 e. The summed E-state index contributed by atoms with van der Waals surface area (Å²) >= 11 is 0. The molecule has 1 aliphatic carbocycles. The van der Waals surface area contributed by atoms with E-state index in [1.54, 1.807) is 12.1 Å². The number of carboxylic acids is 1. The molecule has 2 heterocycles. The van der Waals surface area contributed by atoms with Crippen molar-refractivity contribution in [3.8, 4) is 5.88 Å². The Bertz CT molecular complexity index is 602. The van der Waals surface area contributed by atoms with Gasteiger partial charge in [0, 0.05) is 37.9 Å². The maximum atomic E-state index is 12.7. The average Bonchev–Trinajstić information content (AvgIpc) is 2.95. The number of nitrogens with zero attached hydrogens (tertiary/aromatic N) is 2. The van der Waals surface area contributed by atoms with Gasteiger partial charge < -0.3 is 19.5 Å². The first-order valence-corrected chi connectivity index (χ1v) is 7.77. The molecule has 23 heavy (non-hydrogen) atoms. The predicted molar refractivity (Wildman–Crippen MR) is 80.4 cm³/mol. The lowest BCUT2D eigenvalue weighted by Crippen LogP contribution is -2.40. The van der Waals surface area contributed by atoms with E-state index in [1.165, 1.54) is 18.2 Å². The van der Waals surface area contributed by atoms with Crippen molar-refractivity contribution in [1.82, 2.24) is 9.88 Å². The van der Waals surface area contributed by atoms with Crippen LogP contribution in [0.3, 0.4) is 0 Å². The molecule has 2 atom stereocenters. The fourth-order valence-corrected chi connectivity index (χ4v) is 2.86. The van der Waals surface area contributed by atoms with E-state index in [4.69, 9.17) is 9.47 Å². The quantitative estimate of drug-likeness (QED) is 0.880. The number of rotatable bonds is 5. The van der Waals surface area contributed by atoms with Gasteiger partial charge in [0.25, 0.3) is 5.91 Å². The zero-order valence-electron chi connectivity index (χ0n) is 13.0. The van der Waals surface area contributed by atoms with Crippen molar-refractivity contribution in [1.29, 1.82) is 0 Å². The average molecular weight is 320 g/mol. The number of ether oxygens (including phenoxy) is 2. The number of hydrogen-bond donors (Lipinski definition) is 1. The normalized spacial score (nSPS) is 24.3. The standard InChI is InChI=1S/C16H20N2O5/c1-22-12-8-13(16(20)21)18(9-12)15(19)10-5-6-17-14(7-10)23-11-3-2-4-11/h5-7,11-13H,2-4,8-9H2,1H3,(H,20,21). The van der Waals surface area contributed by atoms with Crippen LogP contribution >= 0.6 is 0 Å². The summed E-state index contributed by atoms with van der Waals surface area (Å²) in [6, 6.07) is 2.30. The number of aromatic nitrogens is 1. The molecular formula is C16H20N2O5. The minimum atomic E-state index is -1.02. The number of aliphatic carboxylic acids is 1. The third kappa shape index (κ3) is 3.29. The van der Waals surface area contributed by atoms with Gasteiger partial charge in [-0.2, -0.15) is 0 Å². The molecule has 0 radical (unpaired) electrons. The van der Waals surface area contributed by atoms with Crippen molar-refractivity contribution in [3.63, 3.8) is 0 Å². The molecule has 2 fully saturated rings. The molecule has 1 amide bonds. The Morgan fingerprint density at radius 1 is 1.35 bits per heavy atom. The van der Waals surface area contributed by atoms with E-state index >= 15 is 0 Å². The smallest absolute Gasteiger partial charge is 0.326 e. The van der Waals surface area contributed by atoms with Crippen LogP contribution in [0.4, 0.5) is 0 Å². The maximum Gasteiger partial charge on any atom is 0.326 e. The van der Waals surface area contributed by atoms with E-state index in [0.29, 0.717) is 17.9 Å². The van der Waals surface area contributed by atoms with E-state index in [0.717, 1.165) is 19.3 Å².